The van der Waals surface area contributed by atoms with E-state index in [2.05, 4.69) is 50.1 Å². The minimum atomic E-state index is -0.315. The number of likely N-dealkylation sites (tertiary alicyclic amines) is 1. The van der Waals surface area contributed by atoms with Crippen LogP contribution in [-0.4, -0.2) is 39.9 Å². The fourth-order valence-electron chi connectivity index (χ4n) is 4.70. The third-order valence-corrected chi connectivity index (χ3v) is 7.53. The van der Waals surface area contributed by atoms with E-state index in [-0.39, 0.29) is 23.3 Å². The molecule has 0 radical (unpaired) electrons. The van der Waals surface area contributed by atoms with Gasteiger partial charge in [-0.2, -0.15) is 0 Å². The van der Waals surface area contributed by atoms with Gasteiger partial charge in [0.15, 0.2) is 5.13 Å². The maximum Gasteiger partial charge on any atom is 0.245 e. The first-order valence-corrected chi connectivity index (χ1v) is 12.7. The van der Waals surface area contributed by atoms with Gasteiger partial charge in [0.1, 0.15) is 6.04 Å². The first kappa shape index (κ1) is 23.7. The molecule has 1 aliphatic rings. The summed E-state index contributed by atoms with van der Waals surface area (Å²) in [6, 6.07) is 11.7. The molecule has 0 spiro atoms. The predicted octanol–water partition coefficient (Wildman–Crippen LogP) is 6.34. The zero-order valence-corrected chi connectivity index (χ0v) is 21.2. The van der Waals surface area contributed by atoms with Crippen LogP contribution in [0.25, 0.3) is 11.3 Å². The summed E-state index contributed by atoms with van der Waals surface area (Å²) in [5.41, 5.74) is 3.18. The van der Waals surface area contributed by atoms with Crippen LogP contribution in [0.2, 0.25) is 5.02 Å². The van der Waals surface area contributed by atoms with Crippen LogP contribution < -0.4 is 5.32 Å². The van der Waals surface area contributed by atoms with E-state index in [1.54, 1.807) is 12.4 Å². The third kappa shape index (κ3) is 5.39. The summed E-state index contributed by atoms with van der Waals surface area (Å²) in [6.45, 7) is 10.2. The van der Waals surface area contributed by atoms with Crippen molar-refractivity contribution in [1.29, 1.82) is 0 Å². The smallest absolute Gasteiger partial charge is 0.245 e. The molecule has 1 fully saturated rings. The van der Waals surface area contributed by atoms with Crippen molar-refractivity contribution in [2.75, 3.05) is 18.4 Å². The van der Waals surface area contributed by atoms with Crippen LogP contribution in [0.4, 0.5) is 5.13 Å². The minimum absolute atomic E-state index is 0.0288. The van der Waals surface area contributed by atoms with Crippen LogP contribution >= 0.6 is 22.9 Å². The van der Waals surface area contributed by atoms with Gasteiger partial charge in [0.05, 0.1) is 5.69 Å². The lowest BCUT2D eigenvalue weighted by Gasteiger charge is -2.45. The van der Waals surface area contributed by atoms with E-state index < -0.39 is 0 Å². The Morgan fingerprint density at radius 3 is 2.52 bits per heavy atom. The number of rotatable bonds is 6. The Bertz CT molecular complexity index is 1080. The highest BCUT2D eigenvalue weighted by atomic mass is 35.5. The van der Waals surface area contributed by atoms with Crippen LogP contribution in [0.5, 0.6) is 0 Å². The number of anilines is 1. The van der Waals surface area contributed by atoms with Crippen molar-refractivity contribution in [3.8, 4) is 11.3 Å². The molecule has 0 saturated carbocycles. The Labute approximate surface area is 205 Å². The molecule has 0 bridgehead atoms. The van der Waals surface area contributed by atoms with Crippen LogP contribution in [0.3, 0.4) is 0 Å². The highest BCUT2D eigenvalue weighted by Gasteiger charge is 2.40. The SMILES string of the molecule is CC(C)[C@@H](Nc1nc(-c2ccncc2)cs1)C(=O)N1CC[C@H](c2ccc(Cl)cc2)C(C)(C)C1. The number of pyridine rings is 1. The van der Waals surface area contributed by atoms with E-state index in [1.807, 2.05) is 34.5 Å². The molecule has 4 rings (SSSR count). The first-order valence-electron chi connectivity index (χ1n) is 11.4. The summed E-state index contributed by atoms with van der Waals surface area (Å²) < 4.78 is 0. The number of benzene rings is 1. The van der Waals surface area contributed by atoms with E-state index in [9.17, 15) is 4.79 Å². The molecule has 1 aliphatic heterocycles. The van der Waals surface area contributed by atoms with Gasteiger partial charge in [0.2, 0.25) is 5.91 Å². The molecule has 3 aromatic rings. The molecule has 1 saturated heterocycles. The van der Waals surface area contributed by atoms with Gasteiger partial charge in [-0.3, -0.25) is 9.78 Å². The van der Waals surface area contributed by atoms with Crippen molar-refractivity contribution in [3.05, 3.63) is 64.8 Å². The van der Waals surface area contributed by atoms with E-state index >= 15 is 0 Å². The van der Waals surface area contributed by atoms with Gasteiger partial charge < -0.3 is 10.2 Å². The number of nitrogens with one attached hydrogen (secondary N) is 1. The molecule has 0 aliphatic carbocycles. The van der Waals surface area contributed by atoms with Gasteiger partial charge in [-0.25, -0.2) is 4.98 Å². The number of piperidine rings is 1. The largest absolute Gasteiger partial charge is 0.349 e. The Hall–Kier alpha value is -2.44. The van der Waals surface area contributed by atoms with Gasteiger partial charge in [-0.1, -0.05) is 51.4 Å². The van der Waals surface area contributed by atoms with Crippen molar-refractivity contribution in [2.24, 2.45) is 11.3 Å². The molecular formula is C26H31ClN4OS. The Balaban J connectivity index is 1.46. The average molecular weight is 483 g/mol. The Morgan fingerprint density at radius 2 is 1.88 bits per heavy atom. The lowest BCUT2D eigenvalue weighted by Crippen LogP contribution is -2.53. The molecule has 1 aromatic carbocycles. The highest BCUT2D eigenvalue weighted by molar-refractivity contribution is 7.14. The molecule has 5 nitrogen and oxygen atoms in total. The third-order valence-electron chi connectivity index (χ3n) is 6.51. The van der Waals surface area contributed by atoms with Gasteiger partial charge in [-0.15, -0.1) is 11.3 Å². The number of thiazole rings is 1. The zero-order valence-electron chi connectivity index (χ0n) is 19.6. The minimum Gasteiger partial charge on any atom is -0.349 e. The van der Waals surface area contributed by atoms with Gasteiger partial charge in [0.25, 0.3) is 0 Å². The lowest BCUT2D eigenvalue weighted by atomic mass is 9.70. The monoisotopic (exact) mass is 482 g/mol. The molecule has 0 unspecified atom stereocenters. The van der Waals surface area contributed by atoms with E-state index in [4.69, 9.17) is 16.6 Å². The first-order chi connectivity index (χ1) is 15.7. The number of carbonyl (C=O) groups is 1. The standard InChI is InChI=1S/C26H31ClN4OS/c1-17(2)23(30-25-29-22(15-33-25)19-9-12-28-13-10-19)24(32)31-14-11-21(26(3,4)16-31)18-5-7-20(27)8-6-18/h5-10,12-13,15,17,21,23H,11,14,16H2,1-4H3,(H,29,30)/t21-,23-/m1/s1. The van der Waals surface area contributed by atoms with Crippen molar-refractivity contribution in [1.82, 2.24) is 14.9 Å². The second-order valence-corrected chi connectivity index (χ2v) is 11.1. The predicted molar refractivity (Wildman–Crippen MR) is 137 cm³/mol. The number of hydrogen-bond acceptors (Lipinski definition) is 5. The Kier molecular flexibility index (Phi) is 7.05. The van der Waals surface area contributed by atoms with Crippen LogP contribution in [-0.2, 0) is 4.79 Å². The van der Waals surface area contributed by atoms with Crippen molar-refractivity contribution < 1.29 is 4.79 Å². The fraction of sp³-hybridized carbons (Fsp3) is 0.423. The average Bonchev–Trinajstić information content (AvgIpc) is 3.26. The molecule has 33 heavy (non-hydrogen) atoms. The summed E-state index contributed by atoms with van der Waals surface area (Å²) in [7, 11) is 0. The topological polar surface area (TPSA) is 58.1 Å². The van der Waals surface area contributed by atoms with Crippen molar-refractivity contribution in [2.45, 2.75) is 46.1 Å². The van der Waals surface area contributed by atoms with Crippen molar-refractivity contribution >= 4 is 34.0 Å². The van der Waals surface area contributed by atoms with E-state index in [0.717, 1.165) is 40.9 Å². The maximum absolute atomic E-state index is 13.6. The number of carbonyl (C=O) groups excluding carboxylic acids is 1. The lowest BCUT2D eigenvalue weighted by molar-refractivity contribution is -0.136. The second kappa shape index (κ2) is 9.82. The molecule has 2 aromatic heterocycles. The number of nitrogens with zero attached hydrogens (tertiary/aromatic N) is 3. The Morgan fingerprint density at radius 1 is 1.18 bits per heavy atom. The molecule has 7 heteroatoms. The zero-order chi connectivity index (χ0) is 23.6. The van der Waals surface area contributed by atoms with Crippen LogP contribution in [0.15, 0.2) is 54.2 Å². The highest BCUT2D eigenvalue weighted by Crippen LogP contribution is 2.42. The van der Waals surface area contributed by atoms with Gasteiger partial charge >= 0.3 is 0 Å². The molecule has 174 valence electrons. The summed E-state index contributed by atoms with van der Waals surface area (Å²) in [4.78, 5) is 24.4. The summed E-state index contributed by atoms with van der Waals surface area (Å²) in [5.74, 6) is 0.683. The van der Waals surface area contributed by atoms with Gasteiger partial charge in [-0.05, 0) is 53.5 Å². The van der Waals surface area contributed by atoms with Crippen LogP contribution in [0, 0.1) is 11.3 Å². The maximum atomic E-state index is 13.6. The quantitative estimate of drug-likeness (QED) is 0.445. The van der Waals surface area contributed by atoms with Crippen LogP contribution in [0.1, 0.15) is 45.6 Å². The van der Waals surface area contributed by atoms with Gasteiger partial charge in [0, 0.05) is 41.4 Å². The molecule has 1 N–H and O–H groups in total. The molecule has 3 heterocycles. The number of amides is 1. The number of aromatic nitrogens is 2. The van der Waals surface area contributed by atoms with Crippen molar-refractivity contribution in [3.63, 3.8) is 0 Å². The summed E-state index contributed by atoms with van der Waals surface area (Å²) in [6.07, 6.45) is 4.46. The number of halogens is 1. The molecule has 2 atom stereocenters. The molecule has 1 amide bonds. The fourth-order valence-corrected chi connectivity index (χ4v) is 5.58. The second-order valence-electron chi connectivity index (χ2n) is 9.78. The normalized spacial score (nSPS) is 18.8. The molecular weight excluding hydrogens is 452 g/mol. The number of hydrogen-bond donors (Lipinski definition) is 1. The van der Waals surface area contributed by atoms with E-state index in [1.165, 1.54) is 16.9 Å². The summed E-state index contributed by atoms with van der Waals surface area (Å²) in [5, 5.41) is 6.96. The van der Waals surface area contributed by atoms with E-state index in [0.29, 0.717) is 5.92 Å². The summed E-state index contributed by atoms with van der Waals surface area (Å²) >= 11 is 7.62.